The molecule has 0 radical (unpaired) electrons. The van der Waals surface area contributed by atoms with Crippen LogP contribution in [0, 0.1) is 10.5 Å². The number of nitrogens with zero attached hydrogens (tertiary/aromatic N) is 2. The molecule has 190 valence electrons. The molecule has 5 rings (SSSR count). The first-order valence-electron chi connectivity index (χ1n) is 11.9. The molecule has 0 bridgehead atoms. The van der Waals surface area contributed by atoms with Gasteiger partial charge in [0, 0.05) is 5.39 Å². The largest absolute Gasteiger partial charge is 0.504 e. The Labute approximate surface area is 233 Å². The third-order valence-electron chi connectivity index (χ3n) is 6.18. The number of aromatic hydroxyl groups is 1. The Balaban J connectivity index is 1.72. The van der Waals surface area contributed by atoms with Gasteiger partial charge >= 0.3 is 6.03 Å². The zero-order valence-corrected chi connectivity index (χ0v) is 22.8. The van der Waals surface area contributed by atoms with Gasteiger partial charge in [0.1, 0.15) is 5.57 Å². The summed E-state index contributed by atoms with van der Waals surface area (Å²) in [7, 11) is 0. The molecule has 4 amide bonds. The Morgan fingerprint density at radius 1 is 0.895 bits per heavy atom. The third kappa shape index (κ3) is 4.51. The number of rotatable bonds is 5. The predicted octanol–water partition coefficient (Wildman–Crippen LogP) is 6.44. The lowest BCUT2D eigenvalue weighted by atomic mass is 10.0. The van der Waals surface area contributed by atoms with Crippen molar-refractivity contribution in [3.05, 3.63) is 99.1 Å². The summed E-state index contributed by atoms with van der Waals surface area (Å²) in [5.41, 5.74) is 1.88. The van der Waals surface area contributed by atoms with Crippen LogP contribution in [-0.2, 0) is 9.59 Å². The summed E-state index contributed by atoms with van der Waals surface area (Å²) < 4.78 is 6.03. The van der Waals surface area contributed by atoms with Crippen LogP contribution >= 0.6 is 22.6 Å². The number of urea groups is 1. The number of aryl methyl sites for hydroxylation is 1. The molecule has 38 heavy (non-hydrogen) atoms. The second kappa shape index (κ2) is 10.3. The molecule has 0 unspecified atom stereocenters. The van der Waals surface area contributed by atoms with E-state index in [1.807, 2.05) is 65.9 Å². The number of phenolic OH excluding ortho intramolecular Hbond substituents is 1. The van der Waals surface area contributed by atoms with E-state index >= 15 is 0 Å². The van der Waals surface area contributed by atoms with Gasteiger partial charge in [0.05, 0.1) is 21.6 Å². The van der Waals surface area contributed by atoms with E-state index in [0.717, 1.165) is 20.7 Å². The number of fused-ring (bicyclic) bond motifs is 1. The average molecular weight is 618 g/mol. The minimum absolute atomic E-state index is 0.0233. The van der Waals surface area contributed by atoms with Gasteiger partial charge in [-0.3, -0.25) is 9.59 Å². The molecule has 0 aromatic heterocycles. The first-order valence-corrected chi connectivity index (χ1v) is 13.0. The average Bonchev–Trinajstić information content (AvgIpc) is 2.90. The highest BCUT2D eigenvalue weighted by molar-refractivity contribution is 14.1. The number of benzene rings is 4. The summed E-state index contributed by atoms with van der Waals surface area (Å²) in [6, 6.07) is 22.2. The van der Waals surface area contributed by atoms with Crippen LogP contribution in [0.1, 0.15) is 18.1 Å². The molecule has 1 fully saturated rings. The van der Waals surface area contributed by atoms with Crippen molar-refractivity contribution in [1.82, 2.24) is 0 Å². The molecule has 7 nitrogen and oxygen atoms in total. The number of phenols is 1. The molecule has 8 heteroatoms. The Hall–Kier alpha value is -4.18. The van der Waals surface area contributed by atoms with Crippen molar-refractivity contribution in [3.8, 4) is 11.5 Å². The first-order chi connectivity index (χ1) is 18.3. The van der Waals surface area contributed by atoms with E-state index in [2.05, 4.69) is 0 Å². The minimum Gasteiger partial charge on any atom is -0.504 e. The highest BCUT2D eigenvalue weighted by Gasteiger charge is 2.44. The lowest BCUT2D eigenvalue weighted by Gasteiger charge is -2.34. The molecule has 0 saturated carbocycles. The number of imide groups is 2. The molecule has 1 heterocycles. The van der Waals surface area contributed by atoms with Gasteiger partial charge in [0.2, 0.25) is 0 Å². The van der Waals surface area contributed by atoms with E-state index in [4.69, 9.17) is 4.74 Å². The molecule has 0 atom stereocenters. The quantitative estimate of drug-likeness (QED) is 0.158. The molecular weight excluding hydrogens is 595 g/mol. The summed E-state index contributed by atoms with van der Waals surface area (Å²) in [5, 5.41) is 11.9. The van der Waals surface area contributed by atoms with E-state index in [1.165, 1.54) is 6.08 Å². The predicted molar refractivity (Wildman–Crippen MR) is 155 cm³/mol. The summed E-state index contributed by atoms with van der Waals surface area (Å²) in [6.45, 7) is 3.98. The van der Waals surface area contributed by atoms with E-state index in [1.54, 1.807) is 49.4 Å². The van der Waals surface area contributed by atoms with Crippen LogP contribution in [-0.4, -0.2) is 29.6 Å². The molecule has 4 aromatic rings. The van der Waals surface area contributed by atoms with Gasteiger partial charge in [-0.05, 0) is 89.4 Å². The van der Waals surface area contributed by atoms with Crippen molar-refractivity contribution in [2.75, 3.05) is 16.4 Å². The third-order valence-corrected chi connectivity index (χ3v) is 7.00. The lowest BCUT2D eigenvalue weighted by molar-refractivity contribution is -0.121. The standard InChI is InChI=1S/C30H23IN2O5/c1-3-38-26-17-19(16-24(31)27(26)34)15-23-28(35)32(21-11-6-8-18(2)14-21)30(37)33(29(23)36)25-13-7-10-20-9-4-5-12-22(20)25/h4-17,34H,3H2,1-2H3/b23-15+. The maximum Gasteiger partial charge on any atom is 0.343 e. The zero-order valence-electron chi connectivity index (χ0n) is 20.6. The van der Waals surface area contributed by atoms with Crippen molar-refractivity contribution in [3.63, 3.8) is 0 Å². The Morgan fingerprint density at radius 2 is 1.61 bits per heavy atom. The van der Waals surface area contributed by atoms with E-state index in [9.17, 15) is 19.5 Å². The van der Waals surface area contributed by atoms with Gasteiger partial charge in [-0.1, -0.05) is 48.5 Å². The molecule has 1 aliphatic rings. The van der Waals surface area contributed by atoms with Gasteiger partial charge in [-0.15, -0.1) is 0 Å². The molecule has 1 saturated heterocycles. The number of hydrogen-bond donors (Lipinski definition) is 1. The number of amides is 4. The van der Waals surface area contributed by atoms with E-state index in [-0.39, 0.29) is 17.1 Å². The zero-order chi connectivity index (χ0) is 27.0. The number of carbonyl (C=O) groups excluding carboxylic acids is 3. The second-order valence-electron chi connectivity index (χ2n) is 8.74. The van der Waals surface area contributed by atoms with E-state index < -0.39 is 17.8 Å². The van der Waals surface area contributed by atoms with Crippen LogP contribution in [0.4, 0.5) is 16.2 Å². The molecule has 0 spiro atoms. The van der Waals surface area contributed by atoms with Crippen LogP contribution < -0.4 is 14.5 Å². The summed E-state index contributed by atoms with van der Waals surface area (Å²) in [4.78, 5) is 43.6. The van der Waals surface area contributed by atoms with Crippen LogP contribution in [0.2, 0.25) is 0 Å². The fraction of sp³-hybridized carbons (Fsp3) is 0.100. The Bertz CT molecular complexity index is 1640. The van der Waals surface area contributed by atoms with Crippen molar-refractivity contribution in [2.24, 2.45) is 0 Å². The van der Waals surface area contributed by atoms with Crippen molar-refractivity contribution < 1.29 is 24.2 Å². The van der Waals surface area contributed by atoms with Crippen molar-refractivity contribution in [1.29, 1.82) is 0 Å². The summed E-state index contributed by atoms with van der Waals surface area (Å²) >= 11 is 1.96. The van der Waals surface area contributed by atoms with E-state index in [0.29, 0.717) is 32.5 Å². The van der Waals surface area contributed by atoms with Crippen LogP contribution in [0.5, 0.6) is 11.5 Å². The van der Waals surface area contributed by atoms with Gasteiger partial charge in [-0.25, -0.2) is 14.6 Å². The maximum absolute atomic E-state index is 13.9. The van der Waals surface area contributed by atoms with Gasteiger partial charge in [-0.2, -0.15) is 0 Å². The SMILES string of the molecule is CCOc1cc(/C=C2\C(=O)N(c3cccc(C)c3)C(=O)N(c3cccc4ccccc34)C2=O)cc(I)c1O. The summed E-state index contributed by atoms with van der Waals surface area (Å²) in [6.07, 6.45) is 1.43. The maximum atomic E-state index is 13.9. The van der Waals surface area contributed by atoms with Crippen LogP contribution in [0.25, 0.3) is 16.8 Å². The number of anilines is 2. The number of hydrogen-bond acceptors (Lipinski definition) is 5. The van der Waals surface area contributed by atoms with Gasteiger partial charge < -0.3 is 9.84 Å². The second-order valence-corrected chi connectivity index (χ2v) is 9.90. The molecule has 4 aromatic carbocycles. The first kappa shape index (κ1) is 25.5. The minimum atomic E-state index is -0.755. The topological polar surface area (TPSA) is 87.2 Å². The van der Waals surface area contributed by atoms with Gasteiger partial charge in [0.25, 0.3) is 11.8 Å². The monoisotopic (exact) mass is 618 g/mol. The number of carbonyl (C=O) groups is 3. The normalized spacial score (nSPS) is 15.0. The number of barbiturate groups is 1. The van der Waals surface area contributed by atoms with Crippen molar-refractivity contribution >= 4 is 68.7 Å². The molecule has 0 aliphatic carbocycles. The Kier molecular flexibility index (Phi) is 6.90. The highest BCUT2D eigenvalue weighted by atomic mass is 127. The number of halogens is 1. The van der Waals surface area contributed by atoms with Crippen LogP contribution in [0.15, 0.2) is 84.4 Å². The Morgan fingerprint density at radius 3 is 2.37 bits per heavy atom. The van der Waals surface area contributed by atoms with Gasteiger partial charge in [0.15, 0.2) is 11.5 Å². The molecule has 1 aliphatic heterocycles. The fourth-order valence-electron chi connectivity index (χ4n) is 4.45. The lowest BCUT2D eigenvalue weighted by Crippen LogP contribution is -2.57. The van der Waals surface area contributed by atoms with Crippen LogP contribution in [0.3, 0.4) is 0 Å². The highest BCUT2D eigenvalue weighted by Crippen LogP contribution is 2.36. The summed E-state index contributed by atoms with van der Waals surface area (Å²) in [5.74, 6) is -1.26. The number of ether oxygens (including phenoxy) is 1. The molecule has 1 N–H and O–H groups in total. The smallest absolute Gasteiger partial charge is 0.343 e. The molecular formula is C30H23IN2O5. The fourth-order valence-corrected chi connectivity index (χ4v) is 5.07. The van der Waals surface area contributed by atoms with Crippen molar-refractivity contribution in [2.45, 2.75) is 13.8 Å².